The molecule has 0 spiro atoms. The molecule has 0 radical (unpaired) electrons. The lowest BCUT2D eigenvalue weighted by Gasteiger charge is -2.22. The Morgan fingerprint density at radius 2 is 2.25 bits per heavy atom. The van der Waals surface area contributed by atoms with Crippen LogP contribution in [-0.4, -0.2) is 21.5 Å². The highest BCUT2D eigenvalue weighted by Crippen LogP contribution is 2.29. The second kappa shape index (κ2) is 5.15. The molecule has 0 amide bonds. The van der Waals surface area contributed by atoms with Crippen molar-refractivity contribution in [2.45, 2.75) is 26.7 Å². The summed E-state index contributed by atoms with van der Waals surface area (Å²) in [6.45, 7) is 7.94. The van der Waals surface area contributed by atoms with Crippen molar-refractivity contribution in [1.82, 2.24) is 9.78 Å². The van der Waals surface area contributed by atoms with Crippen LogP contribution >= 0.6 is 15.9 Å². The predicted molar refractivity (Wildman–Crippen MR) is 69.4 cm³/mol. The summed E-state index contributed by atoms with van der Waals surface area (Å²) in [7, 11) is 1.93. The molecule has 0 saturated carbocycles. The largest absolute Gasteiger partial charge is 0.395 e. The lowest BCUT2D eigenvalue weighted by Crippen LogP contribution is -2.22. The van der Waals surface area contributed by atoms with Crippen LogP contribution in [0.2, 0.25) is 0 Å². The normalized spacial score (nSPS) is 14.8. The molecule has 1 unspecified atom stereocenters. The van der Waals surface area contributed by atoms with Gasteiger partial charge in [-0.2, -0.15) is 5.10 Å². The van der Waals surface area contributed by atoms with E-state index in [4.69, 9.17) is 0 Å². The van der Waals surface area contributed by atoms with Gasteiger partial charge in [-0.3, -0.25) is 4.68 Å². The van der Waals surface area contributed by atoms with Gasteiger partial charge in [0.2, 0.25) is 0 Å². The predicted octanol–water partition coefficient (Wildman–Crippen LogP) is 2.47. The third-order valence-corrected chi connectivity index (χ3v) is 3.84. The first-order valence-electron chi connectivity index (χ1n) is 5.42. The Kier molecular flexibility index (Phi) is 4.33. The van der Waals surface area contributed by atoms with Crippen molar-refractivity contribution in [3.8, 4) is 0 Å². The summed E-state index contributed by atoms with van der Waals surface area (Å²) >= 11 is 3.57. The molecule has 1 aromatic heterocycles. The summed E-state index contributed by atoms with van der Waals surface area (Å²) in [5, 5.41) is 13.8. The van der Waals surface area contributed by atoms with Crippen LogP contribution in [0.4, 0.5) is 0 Å². The van der Waals surface area contributed by atoms with E-state index < -0.39 is 0 Å². The molecule has 0 aromatic carbocycles. The maximum absolute atomic E-state index is 9.38. The Labute approximate surface area is 105 Å². The number of rotatable bonds is 5. The van der Waals surface area contributed by atoms with E-state index in [0.29, 0.717) is 0 Å². The topological polar surface area (TPSA) is 38.1 Å². The number of aryl methyl sites for hydroxylation is 2. The van der Waals surface area contributed by atoms with Crippen LogP contribution in [0.1, 0.15) is 25.2 Å². The molecule has 0 aliphatic heterocycles. The number of nitrogens with zero attached hydrogens (tertiary/aromatic N) is 2. The first kappa shape index (κ1) is 13.5. The van der Waals surface area contributed by atoms with E-state index in [0.717, 1.165) is 28.7 Å². The van der Waals surface area contributed by atoms with Gasteiger partial charge in [0.25, 0.3) is 0 Å². The molecule has 1 aromatic rings. The van der Waals surface area contributed by atoms with E-state index >= 15 is 0 Å². The van der Waals surface area contributed by atoms with E-state index in [2.05, 4.69) is 34.5 Å². The van der Waals surface area contributed by atoms with E-state index in [1.165, 1.54) is 0 Å². The lowest BCUT2D eigenvalue weighted by atomic mass is 9.86. The molecule has 1 heterocycles. The van der Waals surface area contributed by atoms with Crippen LogP contribution in [-0.2, 0) is 19.9 Å². The molecule has 0 bridgehead atoms. The van der Waals surface area contributed by atoms with Crippen molar-refractivity contribution < 1.29 is 5.11 Å². The fourth-order valence-corrected chi connectivity index (χ4v) is 2.34. The van der Waals surface area contributed by atoms with Gasteiger partial charge in [0.15, 0.2) is 0 Å². The minimum Gasteiger partial charge on any atom is -0.395 e. The summed E-state index contributed by atoms with van der Waals surface area (Å²) < 4.78 is 2.93. The van der Waals surface area contributed by atoms with Crippen LogP contribution < -0.4 is 0 Å². The van der Waals surface area contributed by atoms with Gasteiger partial charge < -0.3 is 5.11 Å². The molecule has 90 valence electrons. The van der Waals surface area contributed by atoms with Crippen molar-refractivity contribution in [2.24, 2.45) is 12.5 Å². The van der Waals surface area contributed by atoms with E-state index in [1.807, 2.05) is 18.7 Å². The molecule has 0 aliphatic carbocycles. The minimum absolute atomic E-state index is 0.0928. The lowest BCUT2D eigenvalue weighted by molar-refractivity contribution is 0.182. The summed E-state index contributed by atoms with van der Waals surface area (Å²) in [5.41, 5.74) is 1.87. The monoisotopic (exact) mass is 286 g/mol. The van der Waals surface area contributed by atoms with Gasteiger partial charge in [0.05, 0.1) is 22.5 Å². The zero-order valence-corrected chi connectivity index (χ0v) is 11.7. The average Bonchev–Trinajstić information content (AvgIpc) is 2.56. The van der Waals surface area contributed by atoms with Gasteiger partial charge in [0.1, 0.15) is 0 Å². The van der Waals surface area contributed by atoms with E-state index in [9.17, 15) is 5.11 Å². The van der Waals surface area contributed by atoms with Crippen LogP contribution in [0.3, 0.4) is 0 Å². The quantitative estimate of drug-likeness (QED) is 0.845. The Bertz CT molecular complexity index is 387. The van der Waals surface area contributed by atoms with Crippen LogP contribution in [0.25, 0.3) is 0 Å². The van der Waals surface area contributed by atoms with Gasteiger partial charge in [-0.25, -0.2) is 0 Å². The van der Waals surface area contributed by atoms with Crippen molar-refractivity contribution in [2.75, 3.05) is 6.61 Å². The Morgan fingerprint density at radius 3 is 2.62 bits per heavy atom. The molecular weight excluding hydrogens is 268 g/mol. The zero-order chi connectivity index (χ0) is 12.3. The number of hydrogen-bond donors (Lipinski definition) is 1. The van der Waals surface area contributed by atoms with Crippen molar-refractivity contribution >= 4 is 15.9 Å². The van der Waals surface area contributed by atoms with Gasteiger partial charge in [0, 0.05) is 18.9 Å². The Hall–Kier alpha value is -0.610. The average molecular weight is 287 g/mol. The summed E-state index contributed by atoms with van der Waals surface area (Å²) in [6.07, 6.45) is 3.44. The van der Waals surface area contributed by atoms with Gasteiger partial charge in [-0.05, 0) is 22.4 Å². The highest BCUT2D eigenvalue weighted by molar-refractivity contribution is 9.10. The zero-order valence-electron chi connectivity index (χ0n) is 10.1. The molecule has 16 heavy (non-hydrogen) atoms. The minimum atomic E-state index is -0.290. The van der Waals surface area contributed by atoms with Crippen LogP contribution in [0.15, 0.2) is 17.1 Å². The molecule has 0 fully saturated rings. The fraction of sp³-hybridized carbons (Fsp3) is 0.583. The van der Waals surface area contributed by atoms with Gasteiger partial charge in [-0.15, -0.1) is 6.58 Å². The fourth-order valence-electron chi connectivity index (χ4n) is 1.59. The summed E-state index contributed by atoms with van der Waals surface area (Å²) in [6, 6.07) is 0. The van der Waals surface area contributed by atoms with Crippen molar-refractivity contribution in [3.63, 3.8) is 0 Å². The number of halogens is 1. The molecule has 1 atom stereocenters. The number of hydrogen-bond acceptors (Lipinski definition) is 2. The van der Waals surface area contributed by atoms with Gasteiger partial charge in [-0.1, -0.05) is 19.9 Å². The third kappa shape index (κ3) is 2.55. The van der Waals surface area contributed by atoms with Gasteiger partial charge >= 0.3 is 0 Å². The standard InChI is InChI=1S/C12H19BrN2O/c1-5-9-11(13)10(15(4)14-9)7-12(3,6-2)8-16/h6,16H,2,5,7-8H2,1,3-4H3. The Balaban J connectivity index is 3.05. The number of aliphatic hydroxyl groups is 1. The second-order valence-electron chi connectivity index (χ2n) is 4.38. The van der Waals surface area contributed by atoms with Crippen LogP contribution in [0, 0.1) is 5.41 Å². The third-order valence-electron chi connectivity index (χ3n) is 2.93. The smallest absolute Gasteiger partial charge is 0.0766 e. The first-order valence-corrected chi connectivity index (χ1v) is 6.21. The van der Waals surface area contributed by atoms with Crippen molar-refractivity contribution in [3.05, 3.63) is 28.5 Å². The number of aliphatic hydroxyl groups excluding tert-OH is 1. The molecule has 0 aliphatic rings. The maximum Gasteiger partial charge on any atom is 0.0766 e. The molecular formula is C12H19BrN2O. The van der Waals surface area contributed by atoms with Crippen molar-refractivity contribution in [1.29, 1.82) is 0 Å². The molecule has 1 N–H and O–H groups in total. The summed E-state index contributed by atoms with van der Waals surface area (Å²) in [5.74, 6) is 0. The van der Waals surface area contributed by atoms with E-state index in [1.54, 1.807) is 6.08 Å². The molecule has 3 nitrogen and oxygen atoms in total. The highest BCUT2D eigenvalue weighted by atomic mass is 79.9. The Morgan fingerprint density at radius 1 is 1.62 bits per heavy atom. The molecule has 4 heteroatoms. The first-order chi connectivity index (χ1) is 7.47. The second-order valence-corrected chi connectivity index (χ2v) is 5.17. The summed E-state index contributed by atoms with van der Waals surface area (Å²) in [4.78, 5) is 0. The molecule has 0 saturated heterocycles. The SMILES string of the molecule is C=CC(C)(CO)Cc1c(Br)c(CC)nn1C. The number of aromatic nitrogens is 2. The maximum atomic E-state index is 9.38. The highest BCUT2D eigenvalue weighted by Gasteiger charge is 2.24. The van der Waals surface area contributed by atoms with E-state index in [-0.39, 0.29) is 12.0 Å². The molecule has 1 rings (SSSR count). The van der Waals surface area contributed by atoms with Crippen LogP contribution in [0.5, 0.6) is 0 Å².